The first-order valence-electron chi connectivity index (χ1n) is 7.02. The lowest BCUT2D eigenvalue weighted by atomic mass is 9.97. The summed E-state index contributed by atoms with van der Waals surface area (Å²) < 4.78 is 13.6. The predicted molar refractivity (Wildman–Crippen MR) is 86.0 cm³/mol. The van der Waals surface area contributed by atoms with Crippen LogP contribution in [0.15, 0.2) is 36.4 Å². The minimum Gasteiger partial charge on any atom is -0.507 e. The molecule has 0 radical (unpaired) electrons. The highest BCUT2D eigenvalue weighted by Gasteiger charge is 2.24. The zero-order valence-electron chi connectivity index (χ0n) is 11.8. The Kier molecular flexibility index (Phi) is 5.39. The van der Waals surface area contributed by atoms with E-state index in [1.54, 1.807) is 6.07 Å². The number of nitrogens with one attached hydrogen (secondary N) is 1. The number of alkyl halides is 1. The zero-order chi connectivity index (χ0) is 13.9. The fourth-order valence-electron chi connectivity index (χ4n) is 2.97. The molecule has 1 atom stereocenters. The van der Waals surface area contributed by atoms with Crippen molar-refractivity contribution in [2.45, 2.75) is 6.04 Å². The van der Waals surface area contributed by atoms with Gasteiger partial charge >= 0.3 is 0 Å². The van der Waals surface area contributed by atoms with E-state index in [0.29, 0.717) is 0 Å². The topological polar surface area (TPSA) is 35.5 Å². The second kappa shape index (κ2) is 7.07. The average Bonchev–Trinajstić information content (AvgIpc) is 2.52. The van der Waals surface area contributed by atoms with E-state index in [4.69, 9.17) is 0 Å². The van der Waals surface area contributed by atoms with Crippen molar-refractivity contribution in [1.82, 2.24) is 10.2 Å². The standard InChI is InChI=1S/C16H19FN2O.ClH/c17-11-15(19-9-7-18-8-10-19)13-5-6-16(20)14-4-2-1-3-12(13)14;/h1-6,15,18,20H,7-11H2;1H/t15-;/m0./s1. The molecule has 21 heavy (non-hydrogen) atoms. The Bertz CT molecular complexity index is 602. The maximum Gasteiger partial charge on any atom is 0.123 e. The van der Waals surface area contributed by atoms with Crippen molar-refractivity contribution in [3.8, 4) is 5.75 Å². The Labute approximate surface area is 130 Å². The van der Waals surface area contributed by atoms with E-state index in [1.165, 1.54) is 0 Å². The minimum atomic E-state index is -0.408. The number of fused-ring (bicyclic) bond motifs is 1. The Hall–Kier alpha value is -1.36. The Balaban J connectivity index is 0.00000161. The fourth-order valence-corrected chi connectivity index (χ4v) is 2.97. The van der Waals surface area contributed by atoms with Crippen LogP contribution in [0.1, 0.15) is 11.6 Å². The predicted octanol–water partition coefficient (Wildman–Crippen LogP) is 2.88. The van der Waals surface area contributed by atoms with E-state index >= 15 is 0 Å². The Morgan fingerprint density at radius 1 is 1.10 bits per heavy atom. The van der Waals surface area contributed by atoms with Crippen LogP contribution >= 0.6 is 12.4 Å². The van der Waals surface area contributed by atoms with Gasteiger partial charge in [-0.15, -0.1) is 12.4 Å². The number of nitrogens with zero attached hydrogens (tertiary/aromatic N) is 1. The van der Waals surface area contributed by atoms with Gasteiger partial charge in [0.15, 0.2) is 0 Å². The lowest BCUT2D eigenvalue weighted by Gasteiger charge is -2.34. The van der Waals surface area contributed by atoms with Crippen LogP contribution in [0, 0.1) is 0 Å². The molecule has 1 aliphatic heterocycles. The van der Waals surface area contributed by atoms with Crippen LogP contribution in [0.3, 0.4) is 0 Å². The summed E-state index contributed by atoms with van der Waals surface area (Å²) in [5, 5.41) is 15.0. The van der Waals surface area contributed by atoms with Gasteiger partial charge in [0.05, 0.1) is 6.04 Å². The largest absolute Gasteiger partial charge is 0.507 e. The second-order valence-corrected chi connectivity index (χ2v) is 5.18. The summed E-state index contributed by atoms with van der Waals surface area (Å²) >= 11 is 0. The smallest absolute Gasteiger partial charge is 0.123 e. The van der Waals surface area contributed by atoms with Gasteiger partial charge in [-0.1, -0.05) is 30.3 Å². The highest BCUT2D eigenvalue weighted by Crippen LogP contribution is 2.33. The molecule has 5 heteroatoms. The first-order chi connectivity index (χ1) is 9.81. The summed E-state index contributed by atoms with van der Waals surface area (Å²) in [6.07, 6.45) is 0. The lowest BCUT2D eigenvalue weighted by molar-refractivity contribution is 0.148. The molecule has 1 fully saturated rings. The summed E-state index contributed by atoms with van der Waals surface area (Å²) in [4.78, 5) is 2.18. The number of aromatic hydroxyl groups is 1. The molecular weight excluding hydrogens is 291 g/mol. The molecule has 3 rings (SSSR count). The molecule has 2 N–H and O–H groups in total. The van der Waals surface area contributed by atoms with Gasteiger partial charge in [-0.05, 0) is 17.0 Å². The highest BCUT2D eigenvalue weighted by molar-refractivity contribution is 5.91. The molecule has 0 unspecified atom stereocenters. The Morgan fingerprint density at radius 3 is 2.43 bits per heavy atom. The number of phenols is 1. The fraction of sp³-hybridized carbons (Fsp3) is 0.375. The van der Waals surface area contributed by atoms with Crippen molar-refractivity contribution in [2.24, 2.45) is 0 Å². The quantitative estimate of drug-likeness (QED) is 0.915. The molecule has 1 aliphatic rings. The normalized spacial score (nSPS) is 17.4. The van der Waals surface area contributed by atoms with Gasteiger partial charge in [0, 0.05) is 31.6 Å². The van der Waals surface area contributed by atoms with Crippen molar-refractivity contribution in [3.05, 3.63) is 42.0 Å². The van der Waals surface area contributed by atoms with Crippen LogP contribution in [0.2, 0.25) is 0 Å². The monoisotopic (exact) mass is 310 g/mol. The summed E-state index contributed by atoms with van der Waals surface area (Å²) in [7, 11) is 0. The summed E-state index contributed by atoms with van der Waals surface area (Å²) in [6.45, 7) is 3.08. The van der Waals surface area contributed by atoms with Crippen LogP contribution in [-0.2, 0) is 0 Å². The maximum atomic E-state index is 13.6. The molecule has 3 nitrogen and oxygen atoms in total. The van der Waals surface area contributed by atoms with E-state index in [2.05, 4.69) is 10.2 Å². The third kappa shape index (κ3) is 3.12. The van der Waals surface area contributed by atoms with Crippen LogP contribution in [0.4, 0.5) is 4.39 Å². The number of hydrogen-bond donors (Lipinski definition) is 2. The van der Waals surface area contributed by atoms with Crippen molar-refractivity contribution >= 4 is 23.2 Å². The first kappa shape index (κ1) is 16.0. The summed E-state index contributed by atoms with van der Waals surface area (Å²) in [5.74, 6) is 0.252. The van der Waals surface area contributed by atoms with Crippen LogP contribution in [-0.4, -0.2) is 42.9 Å². The molecule has 1 saturated heterocycles. The molecular formula is C16H20ClFN2O. The van der Waals surface area contributed by atoms with Gasteiger partial charge in [0.1, 0.15) is 12.4 Å². The molecule has 0 aliphatic carbocycles. The minimum absolute atomic E-state index is 0. The van der Waals surface area contributed by atoms with E-state index in [1.807, 2.05) is 30.3 Å². The molecule has 0 spiro atoms. The average molecular weight is 311 g/mol. The van der Waals surface area contributed by atoms with Crippen molar-refractivity contribution < 1.29 is 9.50 Å². The van der Waals surface area contributed by atoms with Gasteiger partial charge in [-0.25, -0.2) is 4.39 Å². The molecule has 114 valence electrons. The van der Waals surface area contributed by atoms with Gasteiger partial charge in [0.25, 0.3) is 0 Å². The van der Waals surface area contributed by atoms with Crippen molar-refractivity contribution in [2.75, 3.05) is 32.9 Å². The summed E-state index contributed by atoms with van der Waals surface area (Å²) in [5.41, 5.74) is 0.961. The van der Waals surface area contributed by atoms with Gasteiger partial charge in [-0.2, -0.15) is 0 Å². The number of benzene rings is 2. The number of piperazine rings is 1. The molecule has 0 aromatic heterocycles. The lowest BCUT2D eigenvalue weighted by Crippen LogP contribution is -2.45. The molecule has 1 heterocycles. The van der Waals surface area contributed by atoms with E-state index in [-0.39, 0.29) is 24.2 Å². The van der Waals surface area contributed by atoms with Gasteiger partial charge in [0.2, 0.25) is 0 Å². The van der Waals surface area contributed by atoms with Crippen LogP contribution in [0.5, 0.6) is 5.75 Å². The SMILES string of the molecule is Cl.Oc1ccc([C@H](CF)N2CCNCC2)c2ccccc12. The third-order valence-electron chi connectivity index (χ3n) is 4.03. The van der Waals surface area contributed by atoms with Crippen molar-refractivity contribution in [3.63, 3.8) is 0 Å². The third-order valence-corrected chi connectivity index (χ3v) is 4.03. The first-order valence-corrected chi connectivity index (χ1v) is 7.02. The molecule has 2 aromatic rings. The number of halogens is 2. The number of rotatable bonds is 3. The van der Waals surface area contributed by atoms with Crippen molar-refractivity contribution in [1.29, 1.82) is 0 Å². The number of hydrogen-bond acceptors (Lipinski definition) is 3. The Morgan fingerprint density at radius 2 is 1.76 bits per heavy atom. The zero-order valence-corrected chi connectivity index (χ0v) is 12.6. The molecule has 2 aromatic carbocycles. The van der Waals surface area contributed by atoms with E-state index in [9.17, 15) is 9.50 Å². The van der Waals surface area contributed by atoms with Crippen LogP contribution < -0.4 is 5.32 Å². The van der Waals surface area contributed by atoms with Crippen LogP contribution in [0.25, 0.3) is 10.8 Å². The molecule has 0 bridgehead atoms. The van der Waals surface area contributed by atoms with E-state index in [0.717, 1.165) is 42.5 Å². The maximum absolute atomic E-state index is 13.6. The number of phenolic OH excluding ortho intramolecular Hbond substituents is 1. The van der Waals surface area contributed by atoms with Gasteiger partial charge in [-0.3, -0.25) is 4.90 Å². The van der Waals surface area contributed by atoms with Gasteiger partial charge < -0.3 is 10.4 Å². The summed E-state index contributed by atoms with van der Waals surface area (Å²) in [6, 6.07) is 10.9. The molecule has 0 amide bonds. The second-order valence-electron chi connectivity index (χ2n) is 5.18. The molecule has 0 saturated carbocycles. The van der Waals surface area contributed by atoms with E-state index < -0.39 is 6.67 Å². The highest BCUT2D eigenvalue weighted by atomic mass is 35.5.